The fraction of sp³-hybridized carbons (Fsp3) is 0.316. The van der Waals surface area contributed by atoms with E-state index in [0.717, 1.165) is 11.3 Å². The maximum atomic E-state index is 10.9. The zero-order valence-electron chi connectivity index (χ0n) is 14.0. The Balaban J connectivity index is 1.94. The Morgan fingerprint density at radius 1 is 1.04 bits per heavy atom. The summed E-state index contributed by atoms with van der Waals surface area (Å²) in [5.41, 5.74) is 1.37. The summed E-state index contributed by atoms with van der Waals surface area (Å²) < 4.78 is 12.1. The van der Waals surface area contributed by atoms with Crippen molar-refractivity contribution in [3.63, 3.8) is 0 Å². The Morgan fingerprint density at radius 2 is 1.67 bits per heavy atom. The normalized spacial score (nSPS) is 11.2. The summed E-state index contributed by atoms with van der Waals surface area (Å²) in [6.45, 7) is 7.20. The minimum absolute atomic E-state index is 0.00708. The molecule has 1 N–H and O–H groups in total. The highest BCUT2D eigenvalue weighted by Gasteiger charge is 2.18. The van der Waals surface area contributed by atoms with E-state index in [9.17, 15) is 4.79 Å². The number of carboxylic acid groups (broad SMARTS) is 1. The van der Waals surface area contributed by atoms with Crippen molar-refractivity contribution < 1.29 is 19.4 Å². The van der Waals surface area contributed by atoms with Crippen molar-refractivity contribution in [2.45, 2.75) is 26.2 Å². The third-order valence-electron chi connectivity index (χ3n) is 3.47. The third-order valence-corrected chi connectivity index (χ3v) is 4.09. The van der Waals surface area contributed by atoms with Gasteiger partial charge in [-0.05, 0) is 51.2 Å². The molecule has 0 spiro atoms. The van der Waals surface area contributed by atoms with E-state index in [-0.39, 0.29) is 11.0 Å². The minimum atomic E-state index is -0.968. The quantitative estimate of drug-likeness (QED) is 0.710. The molecule has 0 amide bonds. The van der Waals surface area contributed by atoms with Crippen molar-refractivity contribution >= 4 is 21.9 Å². The second kappa shape index (κ2) is 7.71. The molecule has 0 aliphatic rings. The first-order valence-corrected chi connectivity index (χ1v) is 8.46. The second-order valence-electron chi connectivity index (χ2n) is 6.39. The van der Waals surface area contributed by atoms with Gasteiger partial charge in [-0.25, -0.2) is 4.79 Å². The number of ether oxygens (including phenoxy) is 2. The minimum Gasteiger partial charge on any atom is -0.490 e. The Hall–Kier alpha value is -2.01. The van der Waals surface area contributed by atoms with Gasteiger partial charge in [0.05, 0.1) is 10.0 Å². The van der Waals surface area contributed by atoms with Gasteiger partial charge in [-0.3, -0.25) is 0 Å². The molecule has 2 rings (SSSR count). The van der Waals surface area contributed by atoms with Gasteiger partial charge in [0.25, 0.3) is 0 Å². The lowest BCUT2D eigenvalue weighted by atomic mass is 9.86. The number of halogens is 1. The van der Waals surface area contributed by atoms with E-state index in [4.69, 9.17) is 14.6 Å². The fourth-order valence-electron chi connectivity index (χ4n) is 2.27. The zero-order chi connectivity index (χ0) is 17.7. The molecule has 0 unspecified atom stereocenters. The highest BCUT2D eigenvalue weighted by Crippen LogP contribution is 2.31. The van der Waals surface area contributed by atoms with Crippen molar-refractivity contribution in [2.24, 2.45) is 0 Å². The van der Waals surface area contributed by atoms with Gasteiger partial charge < -0.3 is 14.6 Å². The lowest BCUT2D eigenvalue weighted by molar-refractivity contribution is 0.0696. The molecule has 0 aromatic heterocycles. The molecule has 4 nitrogen and oxygen atoms in total. The van der Waals surface area contributed by atoms with Crippen LogP contribution in [0.5, 0.6) is 11.5 Å². The van der Waals surface area contributed by atoms with E-state index in [0.29, 0.717) is 23.4 Å². The summed E-state index contributed by atoms with van der Waals surface area (Å²) in [6.07, 6.45) is 0. The largest absolute Gasteiger partial charge is 0.490 e. The first kappa shape index (κ1) is 18.3. The van der Waals surface area contributed by atoms with Crippen LogP contribution < -0.4 is 9.47 Å². The van der Waals surface area contributed by atoms with E-state index in [1.807, 2.05) is 18.2 Å². The Morgan fingerprint density at radius 3 is 2.25 bits per heavy atom. The number of rotatable bonds is 6. The van der Waals surface area contributed by atoms with Gasteiger partial charge in [0.1, 0.15) is 24.7 Å². The lowest BCUT2D eigenvalue weighted by Crippen LogP contribution is -2.15. The molecule has 24 heavy (non-hydrogen) atoms. The summed E-state index contributed by atoms with van der Waals surface area (Å²) in [5.74, 6) is 0.478. The van der Waals surface area contributed by atoms with Gasteiger partial charge in [0.2, 0.25) is 0 Å². The maximum absolute atomic E-state index is 10.9. The van der Waals surface area contributed by atoms with Gasteiger partial charge in [-0.2, -0.15) is 0 Å². The molecule has 2 aromatic rings. The van der Waals surface area contributed by atoms with Crippen LogP contribution in [0.2, 0.25) is 0 Å². The molecule has 0 aliphatic heterocycles. The molecule has 0 radical (unpaired) electrons. The van der Waals surface area contributed by atoms with Gasteiger partial charge in [0.15, 0.2) is 0 Å². The van der Waals surface area contributed by atoms with Crippen molar-refractivity contribution in [2.75, 3.05) is 13.2 Å². The molecule has 0 saturated carbocycles. The Bertz CT molecular complexity index is 720. The molecule has 0 atom stereocenters. The van der Waals surface area contributed by atoms with Gasteiger partial charge in [-0.1, -0.05) is 39.0 Å². The van der Waals surface area contributed by atoms with E-state index in [1.54, 1.807) is 6.07 Å². The lowest BCUT2D eigenvalue weighted by Gasteiger charge is -2.22. The van der Waals surface area contributed by atoms with Crippen LogP contribution in [0.15, 0.2) is 46.9 Å². The van der Waals surface area contributed by atoms with Crippen LogP contribution in [-0.4, -0.2) is 24.3 Å². The Labute approximate surface area is 150 Å². The topological polar surface area (TPSA) is 55.8 Å². The van der Waals surface area contributed by atoms with E-state index in [2.05, 4.69) is 42.8 Å². The van der Waals surface area contributed by atoms with Gasteiger partial charge in [0, 0.05) is 0 Å². The third kappa shape index (κ3) is 4.74. The van der Waals surface area contributed by atoms with Crippen molar-refractivity contribution in [1.29, 1.82) is 0 Å². The molecule has 0 aliphatic carbocycles. The monoisotopic (exact) mass is 392 g/mol. The number of benzene rings is 2. The molecular weight excluding hydrogens is 372 g/mol. The molecular formula is C19H21BrO4. The molecule has 0 saturated heterocycles. The van der Waals surface area contributed by atoms with Crippen LogP contribution in [0.1, 0.15) is 36.7 Å². The average Bonchev–Trinajstić information content (AvgIpc) is 2.52. The van der Waals surface area contributed by atoms with E-state index >= 15 is 0 Å². The average molecular weight is 393 g/mol. The number of aromatic carboxylic acids is 1. The first-order valence-electron chi connectivity index (χ1n) is 7.67. The first-order chi connectivity index (χ1) is 11.3. The SMILES string of the molecule is CC(C)(C)c1ccccc1OCCOc1ccc(C(=O)O)cc1Br. The van der Waals surface area contributed by atoms with Gasteiger partial charge in [-0.15, -0.1) is 0 Å². The predicted octanol–water partition coefficient (Wildman–Crippen LogP) is 4.90. The van der Waals surface area contributed by atoms with Crippen LogP contribution in [0.25, 0.3) is 0 Å². The number of hydrogen-bond donors (Lipinski definition) is 1. The fourth-order valence-corrected chi connectivity index (χ4v) is 2.76. The Kier molecular flexibility index (Phi) is 5.89. The maximum Gasteiger partial charge on any atom is 0.335 e. The van der Waals surface area contributed by atoms with Crippen molar-refractivity contribution in [3.8, 4) is 11.5 Å². The number of hydrogen-bond acceptors (Lipinski definition) is 3. The van der Waals surface area contributed by atoms with E-state index < -0.39 is 5.97 Å². The highest BCUT2D eigenvalue weighted by molar-refractivity contribution is 9.10. The van der Waals surface area contributed by atoms with Crippen LogP contribution in [-0.2, 0) is 5.41 Å². The van der Waals surface area contributed by atoms with E-state index in [1.165, 1.54) is 12.1 Å². The van der Waals surface area contributed by atoms with Crippen LogP contribution >= 0.6 is 15.9 Å². The van der Waals surface area contributed by atoms with Crippen LogP contribution in [0.3, 0.4) is 0 Å². The number of carbonyl (C=O) groups is 1. The smallest absolute Gasteiger partial charge is 0.335 e. The zero-order valence-corrected chi connectivity index (χ0v) is 15.6. The summed E-state index contributed by atoms with van der Waals surface area (Å²) in [4.78, 5) is 10.9. The summed E-state index contributed by atoms with van der Waals surface area (Å²) in [7, 11) is 0. The molecule has 0 heterocycles. The highest BCUT2D eigenvalue weighted by atomic mass is 79.9. The summed E-state index contributed by atoms with van der Waals surface area (Å²) >= 11 is 3.32. The number of carboxylic acids is 1. The van der Waals surface area contributed by atoms with Crippen molar-refractivity contribution in [3.05, 3.63) is 58.1 Å². The summed E-state index contributed by atoms with van der Waals surface area (Å²) in [5, 5.41) is 8.95. The molecule has 0 fully saturated rings. The summed E-state index contributed by atoms with van der Waals surface area (Å²) in [6, 6.07) is 12.6. The second-order valence-corrected chi connectivity index (χ2v) is 7.25. The van der Waals surface area contributed by atoms with Crippen LogP contribution in [0.4, 0.5) is 0 Å². The predicted molar refractivity (Wildman–Crippen MR) is 97.2 cm³/mol. The van der Waals surface area contributed by atoms with Crippen LogP contribution in [0, 0.1) is 0 Å². The van der Waals surface area contributed by atoms with Crippen molar-refractivity contribution in [1.82, 2.24) is 0 Å². The van der Waals surface area contributed by atoms with Gasteiger partial charge >= 0.3 is 5.97 Å². The molecule has 2 aromatic carbocycles. The molecule has 5 heteroatoms. The molecule has 128 valence electrons. The standard InChI is InChI=1S/C19H21BrO4/c1-19(2,3)14-6-4-5-7-16(14)23-10-11-24-17-9-8-13(18(21)22)12-15(17)20/h4-9,12H,10-11H2,1-3H3,(H,21,22). The number of para-hydroxylation sites is 1. The molecule has 0 bridgehead atoms.